The molecule has 1 saturated heterocycles. The predicted molar refractivity (Wildman–Crippen MR) is 155 cm³/mol. The van der Waals surface area contributed by atoms with E-state index in [2.05, 4.69) is 52.0 Å². The van der Waals surface area contributed by atoms with Crippen LogP contribution < -0.4 is 10.6 Å². The van der Waals surface area contributed by atoms with Gasteiger partial charge < -0.3 is 10.2 Å². The number of tetrazole rings is 1. The number of rotatable bonds is 7. The van der Waals surface area contributed by atoms with E-state index in [1.54, 1.807) is 30.3 Å². The molecule has 12 heteroatoms. The lowest BCUT2D eigenvalue weighted by Gasteiger charge is -2.44. The normalized spacial score (nSPS) is 17.7. The van der Waals surface area contributed by atoms with Gasteiger partial charge in [-0.2, -0.15) is 5.21 Å². The number of H-pyrrole nitrogens is 1. The largest absolute Gasteiger partial charge is 0.316 e. The van der Waals surface area contributed by atoms with E-state index in [0.717, 1.165) is 31.5 Å². The lowest BCUT2D eigenvalue weighted by molar-refractivity contribution is -0.132. The van der Waals surface area contributed by atoms with Crippen LogP contribution in [0.1, 0.15) is 74.0 Å². The van der Waals surface area contributed by atoms with Gasteiger partial charge >= 0.3 is 0 Å². The number of aromatic amines is 1. The number of anilines is 1. The van der Waals surface area contributed by atoms with Crippen molar-refractivity contribution >= 4 is 46.7 Å². The molecule has 210 valence electrons. The Morgan fingerprint density at radius 3 is 2.38 bits per heavy atom. The Hall–Kier alpha value is -3.34. The van der Waals surface area contributed by atoms with Crippen LogP contribution >= 0.6 is 23.2 Å². The fourth-order valence-electron chi connectivity index (χ4n) is 5.36. The summed E-state index contributed by atoms with van der Waals surface area (Å²) in [5.41, 5.74) is 1.74. The summed E-state index contributed by atoms with van der Waals surface area (Å²) in [6, 6.07) is 12.2. The Morgan fingerprint density at radius 1 is 1.10 bits per heavy atom. The molecule has 40 heavy (non-hydrogen) atoms. The van der Waals surface area contributed by atoms with Crippen LogP contribution in [0.15, 0.2) is 47.5 Å². The van der Waals surface area contributed by atoms with E-state index in [1.807, 2.05) is 17.0 Å². The van der Waals surface area contributed by atoms with E-state index in [9.17, 15) is 9.59 Å². The number of halogens is 2. The maximum absolute atomic E-state index is 14.3. The maximum Gasteiger partial charge on any atom is 0.275 e. The van der Waals surface area contributed by atoms with E-state index in [4.69, 9.17) is 28.2 Å². The Kier molecular flexibility index (Phi) is 7.94. The Balaban J connectivity index is 1.52. The minimum atomic E-state index is -0.691. The second-order valence-electron chi connectivity index (χ2n) is 11.5. The highest BCUT2D eigenvalue weighted by molar-refractivity contribution is 6.47. The average Bonchev–Trinajstić information content (AvgIpc) is 3.51. The third kappa shape index (κ3) is 6.04. The van der Waals surface area contributed by atoms with Crippen molar-refractivity contribution in [2.45, 2.75) is 58.2 Å². The molecule has 2 aliphatic rings. The first-order valence-electron chi connectivity index (χ1n) is 13.3. The van der Waals surface area contributed by atoms with Crippen molar-refractivity contribution in [3.63, 3.8) is 0 Å². The summed E-state index contributed by atoms with van der Waals surface area (Å²) in [6.07, 6.45) is 2.99. The van der Waals surface area contributed by atoms with Crippen LogP contribution in [0.4, 0.5) is 5.95 Å². The molecule has 5 rings (SSSR count). The molecule has 2 aromatic carbocycles. The molecular weight excluding hydrogens is 551 g/mol. The molecule has 1 fully saturated rings. The first kappa shape index (κ1) is 28.2. The first-order valence-corrected chi connectivity index (χ1v) is 14.1. The van der Waals surface area contributed by atoms with Crippen molar-refractivity contribution in [1.82, 2.24) is 30.8 Å². The molecule has 1 aromatic heterocycles. The van der Waals surface area contributed by atoms with E-state index >= 15 is 0 Å². The summed E-state index contributed by atoms with van der Waals surface area (Å²) >= 11 is 12.6. The smallest absolute Gasteiger partial charge is 0.275 e. The van der Waals surface area contributed by atoms with Gasteiger partial charge in [-0.25, -0.2) is 0 Å². The van der Waals surface area contributed by atoms with E-state index in [-0.39, 0.29) is 29.2 Å². The highest BCUT2D eigenvalue weighted by Crippen LogP contribution is 2.44. The van der Waals surface area contributed by atoms with Crippen LogP contribution in [0.5, 0.6) is 0 Å². The van der Waals surface area contributed by atoms with Gasteiger partial charge in [-0.15, -0.1) is 5.10 Å². The number of hydrogen-bond donors (Lipinski definition) is 3. The van der Waals surface area contributed by atoms with Crippen LogP contribution in [0.2, 0.25) is 10.0 Å². The van der Waals surface area contributed by atoms with Crippen LogP contribution in [0, 0.1) is 5.41 Å². The molecule has 0 saturated carbocycles. The molecule has 0 radical (unpaired) electrons. The Bertz CT molecular complexity index is 1390. The number of piperidine rings is 1. The minimum absolute atomic E-state index is 0.0525. The van der Waals surface area contributed by atoms with Gasteiger partial charge in [0.2, 0.25) is 0 Å². The zero-order chi connectivity index (χ0) is 28.5. The van der Waals surface area contributed by atoms with Crippen molar-refractivity contribution in [3.05, 3.63) is 69.2 Å². The molecule has 2 aliphatic heterocycles. The molecule has 1 unspecified atom stereocenters. The van der Waals surface area contributed by atoms with Gasteiger partial charge in [-0.1, -0.05) is 61.2 Å². The maximum atomic E-state index is 14.3. The molecule has 2 amide bonds. The summed E-state index contributed by atoms with van der Waals surface area (Å²) in [5.74, 6) is -0.397. The average molecular weight is 584 g/mol. The zero-order valence-corrected chi connectivity index (χ0v) is 24.2. The van der Waals surface area contributed by atoms with Gasteiger partial charge in [0.05, 0.1) is 6.04 Å². The Labute approximate surface area is 242 Å². The van der Waals surface area contributed by atoms with Crippen LogP contribution in [0.25, 0.3) is 0 Å². The van der Waals surface area contributed by atoms with Crippen molar-refractivity contribution in [2.75, 3.05) is 18.4 Å². The van der Waals surface area contributed by atoms with Crippen molar-refractivity contribution in [1.29, 1.82) is 0 Å². The third-order valence-electron chi connectivity index (χ3n) is 7.34. The van der Waals surface area contributed by atoms with Crippen molar-refractivity contribution in [2.24, 2.45) is 10.4 Å². The van der Waals surface area contributed by atoms with E-state index < -0.39 is 5.66 Å². The standard InChI is InChI=1S/C28H32Cl2N8O2/c1-27(2,3)9-8-22(17-4-6-18(7-5-17)24(39)32-26-34-36-37-35-26)38-25(40)23(19-14-20(29)16-21(30)15-19)33-28(38)10-12-31-13-11-28/h4-7,14-16,22,31H,8-13H2,1-3H3,(H2,32,34,35,36,37,39). The number of carbonyl (C=O) groups excluding carboxylic acids is 2. The quantitative estimate of drug-likeness (QED) is 0.358. The van der Waals surface area contributed by atoms with E-state index in [1.165, 1.54) is 0 Å². The lowest BCUT2D eigenvalue weighted by Crippen LogP contribution is -2.54. The molecule has 1 spiro atoms. The molecular formula is C28H32Cl2N8O2. The number of nitrogens with one attached hydrogen (secondary N) is 3. The highest BCUT2D eigenvalue weighted by Gasteiger charge is 2.51. The molecule has 3 N–H and O–H groups in total. The predicted octanol–water partition coefficient (Wildman–Crippen LogP) is 5.04. The monoisotopic (exact) mass is 582 g/mol. The second-order valence-corrected chi connectivity index (χ2v) is 12.3. The van der Waals surface area contributed by atoms with Gasteiger partial charge in [0, 0.05) is 34.0 Å². The van der Waals surface area contributed by atoms with Gasteiger partial charge in [-0.05, 0) is 72.5 Å². The van der Waals surface area contributed by atoms with Crippen LogP contribution in [0.3, 0.4) is 0 Å². The fraction of sp³-hybridized carbons (Fsp3) is 0.429. The molecule has 1 atom stereocenters. The zero-order valence-electron chi connectivity index (χ0n) is 22.7. The number of nitrogens with zero attached hydrogens (tertiary/aromatic N) is 5. The molecule has 0 aliphatic carbocycles. The summed E-state index contributed by atoms with van der Waals surface area (Å²) in [4.78, 5) is 34.1. The van der Waals surface area contributed by atoms with Crippen molar-refractivity contribution in [3.8, 4) is 0 Å². The number of aromatic nitrogens is 4. The van der Waals surface area contributed by atoms with Gasteiger partial charge in [0.1, 0.15) is 11.4 Å². The van der Waals surface area contributed by atoms with Gasteiger partial charge in [-0.3, -0.25) is 19.9 Å². The number of hydrogen-bond acceptors (Lipinski definition) is 7. The second kappa shape index (κ2) is 11.3. The first-order chi connectivity index (χ1) is 19.0. The van der Waals surface area contributed by atoms with Gasteiger partial charge in [0.15, 0.2) is 0 Å². The number of amides is 2. The summed E-state index contributed by atoms with van der Waals surface area (Å²) in [7, 11) is 0. The SMILES string of the molecule is CC(C)(C)CCC(c1ccc(C(=O)Nc2nn[nH]n2)cc1)N1C(=O)C(c2cc(Cl)cc(Cl)c2)=NC12CCNCC2. The molecule has 3 heterocycles. The Morgan fingerprint density at radius 2 is 1.77 bits per heavy atom. The summed E-state index contributed by atoms with van der Waals surface area (Å²) in [6.45, 7) is 8.07. The minimum Gasteiger partial charge on any atom is -0.316 e. The van der Waals surface area contributed by atoms with Crippen LogP contribution in [-0.2, 0) is 4.79 Å². The van der Waals surface area contributed by atoms with Gasteiger partial charge in [0.25, 0.3) is 17.8 Å². The molecule has 3 aromatic rings. The molecule has 10 nitrogen and oxygen atoms in total. The third-order valence-corrected chi connectivity index (χ3v) is 7.77. The van der Waals surface area contributed by atoms with Crippen molar-refractivity contribution < 1.29 is 9.59 Å². The topological polar surface area (TPSA) is 128 Å². The highest BCUT2D eigenvalue weighted by atomic mass is 35.5. The van der Waals surface area contributed by atoms with Crippen LogP contribution in [-0.4, -0.2) is 61.8 Å². The molecule has 0 bridgehead atoms. The number of benzene rings is 2. The number of carbonyl (C=O) groups is 2. The lowest BCUT2D eigenvalue weighted by atomic mass is 9.85. The summed E-state index contributed by atoms with van der Waals surface area (Å²) in [5, 5.41) is 20.2. The summed E-state index contributed by atoms with van der Waals surface area (Å²) < 4.78 is 0. The number of aliphatic imine (C=N–C) groups is 1. The fourth-order valence-corrected chi connectivity index (χ4v) is 5.89. The van der Waals surface area contributed by atoms with E-state index in [0.29, 0.717) is 39.7 Å².